The lowest BCUT2D eigenvalue weighted by molar-refractivity contribution is 0.112. The van der Waals surface area contributed by atoms with E-state index >= 15 is 0 Å². The fraction of sp³-hybridized carbons (Fsp3) is 0.0500. The number of benzene rings is 3. The van der Waals surface area contributed by atoms with Crippen LogP contribution < -0.4 is 5.32 Å². The average molecular weight is 369 g/mol. The zero-order chi connectivity index (χ0) is 18.7. The summed E-state index contributed by atoms with van der Waals surface area (Å²) in [5.41, 5.74) is 3.33. The Kier molecular flexibility index (Phi) is 4.86. The van der Waals surface area contributed by atoms with E-state index < -0.39 is 9.84 Å². The number of carbonyl (C=O) groups excluding carboxylic acids is 1. The molecule has 0 aliphatic rings. The highest BCUT2D eigenvalue weighted by atomic mass is 32.2. The van der Waals surface area contributed by atoms with Gasteiger partial charge in [-0.05, 0) is 59.7 Å². The molecule has 0 radical (unpaired) electrons. The highest BCUT2D eigenvalue weighted by molar-refractivity contribution is 7.90. The summed E-state index contributed by atoms with van der Waals surface area (Å²) in [5, 5.41) is 3.10. The number of rotatable bonds is 5. The molecule has 0 saturated carbocycles. The molecule has 3 aromatic carbocycles. The second-order valence-corrected chi connectivity index (χ2v) is 7.86. The summed E-state index contributed by atoms with van der Waals surface area (Å²) in [6, 6.07) is 17.6. The normalized spacial score (nSPS) is 11.2. The Hall–Kier alpha value is -2.99. The Morgan fingerprint density at radius 2 is 1.50 bits per heavy atom. The van der Waals surface area contributed by atoms with Crippen LogP contribution in [0.25, 0.3) is 11.1 Å². The number of hydrogen-bond acceptors (Lipinski definition) is 4. The molecule has 0 heterocycles. The maximum absolute atomic E-state index is 13.0. The third kappa shape index (κ3) is 3.97. The van der Waals surface area contributed by atoms with Gasteiger partial charge in [0.05, 0.1) is 4.90 Å². The summed E-state index contributed by atoms with van der Waals surface area (Å²) in [6.45, 7) is 0. The van der Waals surface area contributed by atoms with Crippen LogP contribution in [0.15, 0.2) is 71.6 Å². The van der Waals surface area contributed by atoms with Crippen LogP contribution in [0.4, 0.5) is 15.8 Å². The van der Waals surface area contributed by atoms with Gasteiger partial charge < -0.3 is 5.32 Å². The van der Waals surface area contributed by atoms with Gasteiger partial charge in [0.1, 0.15) is 5.82 Å². The topological polar surface area (TPSA) is 63.2 Å². The van der Waals surface area contributed by atoms with Crippen molar-refractivity contribution in [2.75, 3.05) is 11.6 Å². The number of hydrogen-bond donors (Lipinski definition) is 1. The van der Waals surface area contributed by atoms with Crippen molar-refractivity contribution in [3.63, 3.8) is 0 Å². The van der Waals surface area contributed by atoms with Crippen molar-refractivity contribution >= 4 is 27.5 Å². The van der Waals surface area contributed by atoms with Crippen LogP contribution in [0.5, 0.6) is 0 Å². The molecule has 3 rings (SSSR count). The second kappa shape index (κ2) is 7.09. The molecular formula is C20H16FNO3S. The molecule has 4 nitrogen and oxygen atoms in total. The van der Waals surface area contributed by atoms with Crippen molar-refractivity contribution in [2.45, 2.75) is 4.90 Å². The Morgan fingerprint density at radius 1 is 0.885 bits per heavy atom. The molecule has 1 N–H and O–H groups in total. The van der Waals surface area contributed by atoms with E-state index in [1.165, 1.54) is 12.1 Å². The monoisotopic (exact) mass is 369 g/mol. The van der Waals surface area contributed by atoms with Crippen LogP contribution in [-0.2, 0) is 9.84 Å². The summed E-state index contributed by atoms with van der Waals surface area (Å²) in [6.07, 6.45) is 1.90. The van der Waals surface area contributed by atoms with Gasteiger partial charge in [0.25, 0.3) is 0 Å². The standard InChI is InChI=1S/C20H16FNO3S/c1-26(24,25)19-10-4-14(5-11-19)15-2-3-16(13-23)20(12-15)22-18-8-6-17(21)7-9-18/h2-13,22H,1H3. The van der Waals surface area contributed by atoms with Crippen LogP contribution in [0.2, 0.25) is 0 Å². The molecule has 0 saturated heterocycles. The summed E-state index contributed by atoms with van der Waals surface area (Å²) < 4.78 is 36.2. The third-order valence-corrected chi connectivity index (χ3v) is 5.05. The minimum absolute atomic E-state index is 0.246. The van der Waals surface area contributed by atoms with Gasteiger partial charge in [0, 0.05) is 23.2 Å². The van der Waals surface area contributed by atoms with Crippen molar-refractivity contribution in [1.82, 2.24) is 0 Å². The maximum Gasteiger partial charge on any atom is 0.175 e. The Bertz CT molecular complexity index is 1040. The molecule has 0 aliphatic heterocycles. The highest BCUT2D eigenvalue weighted by Crippen LogP contribution is 2.28. The Balaban J connectivity index is 1.96. The highest BCUT2D eigenvalue weighted by Gasteiger charge is 2.09. The minimum atomic E-state index is -3.25. The summed E-state index contributed by atoms with van der Waals surface area (Å²) in [7, 11) is -3.25. The van der Waals surface area contributed by atoms with Gasteiger partial charge in [0.2, 0.25) is 0 Å². The first-order valence-corrected chi connectivity index (χ1v) is 9.68. The van der Waals surface area contributed by atoms with Crippen molar-refractivity contribution in [3.8, 4) is 11.1 Å². The molecule has 0 aromatic heterocycles. The molecule has 0 aliphatic carbocycles. The zero-order valence-electron chi connectivity index (χ0n) is 13.9. The third-order valence-electron chi connectivity index (χ3n) is 3.92. The van der Waals surface area contributed by atoms with Gasteiger partial charge in [-0.1, -0.05) is 18.2 Å². The minimum Gasteiger partial charge on any atom is -0.355 e. The van der Waals surface area contributed by atoms with E-state index in [1.54, 1.807) is 54.6 Å². The summed E-state index contributed by atoms with van der Waals surface area (Å²) >= 11 is 0. The van der Waals surface area contributed by atoms with E-state index in [0.29, 0.717) is 16.9 Å². The van der Waals surface area contributed by atoms with Gasteiger partial charge in [-0.15, -0.1) is 0 Å². The predicted octanol–water partition coefficient (Wildman–Crippen LogP) is 4.45. The van der Waals surface area contributed by atoms with Gasteiger partial charge in [-0.3, -0.25) is 4.79 Å². The fourth-order valence-electron chi connectivity index (χ4n) is 2.53. The van der Waals surface area contributed by atoms with Crippen molar-refractivity contribution in [3.05, 3.63) is 78.1 Å². The summed E-state index contributed by atoms with van der Waals surface area (Å²) in [4.78, 5) is 11.6. The molecule has 6 heteroatoms. The smallest absolute Gasteiger partial charge is 0.175 e. The van der Waals surface area contributed by atoms with Crippen LogP contribution in [0.3, 0.4) is 0 Å². The number of anilines is 2. The maximum atomic E-state index is 13.0. The predicted molar refractivity (Wildman–Crippen MR) is 100 cm³/mol. The van der Waals surface area contributed by atoms with Crippen LogP contribution >= 0.6 is 0 Å². The van der Waals surface area contributed by atoms with E-state index in [-0.39, 0.29) is 10.7 Å². The van der Waals surface area contributed by atoms with Gasteiger partial charge in [-0.2, -0.15) is 0 Å². The van der Waals surface area contributed by atoms with E-state index in [2.05, 4.69) is 5.32 Å². The van der Waals surface area contributed by atoms with E-state index in [0.717, 1.165) is 23.7 Å². The largest absolute Gasteiger partial charge is 0.355 e. The zero-order valence-corrected chi connectivity index (χ0v) is 14.8. The number of nitrogens with one attached hydrogen (secondary N) is 1. The van der Waals surface area contributed by atoms with Gasteiger partial charge in [-0.25, -0.2) is 12.8 Å². The number of halogens is 1. The lowest BCUT2D eigenvalue weighted by atomic mass is 10.0. The second-order valence-electron chi connectivity index (χ2n) is 5.85. The fourth-order valence-corrected chi connectivity index (χ4v) is 3.16. The molecular weight excluding hydrogens is 353 g/mol. The lowest BCUT2D eigenvalue weighted by Gasteiger charge is -2.12. The van der Waals surface area contributed by atoms with Gasteiger partial charge in [0.15, 0.2) is 16.1 Å². The van der Waals surface area contributed by atoms with Crippen LogP contribution in [0, 0.1) is 5.82 Å². The van der Waals surface area contributed by atoms with Crippen LogP contribution in [0.1, 0.15) is 10.4 Å². The number of carbonyl (C=O) groups is 1. The lowest BCUT2D eigenvalue weighted by Crippen LogP contribution is -1.97. The first-order valence-electron chi connectivity index (χ1n) is 7.79. The van der Waals surface area contributed by atoms with Crippen LogP contribution in [-0.4, -0.2) is 21.0 Å². The average Bonchev–Trinajstić information content (AvgIpc) is 2.63. The molecule has 0 bridgehead atoms. The molecule has 26 heavy (non-hydrogen) atoms. The molecule has 132 valence electrons. The molecule has 0 atom stereocenters. The van der Waals surface area contributed by atoms with E-state index in [9.17, 15) is 17.6 Å². The van der Waals surface area contributed by atoms with Crippen molar-refractivity contribution < 1.29 is 17.6 Å². The first kappa shape index (κ1) is 17.8. The molecule has 0 amide bonds. The van der Waals surface area contributed by atoms with Crippen molar-refractivity contribution in [1.29, 1.82) is 0 Å². The van der Waals surface area contributed by atoms with Crippen molar-refractivity contribution in [2.24, 2.45) is 0 Å². The van der Waals surface area contributed by atoms with E-state index in [1.807, 2.05) is 0 Å². The van der Waals surface area contributed by atoms with E-state index in [4.69, 9.17) is 0 Å². The molecule has 0 unspecified atom stereocenters. The van der Waals surface area contributed by atoms with Gasteiger partial charge >= 0.3 is 0 Å². The molecule has 0 fully saturated rings. The number of sulfone groups is 1. The Morgan fingerprint density at radius 3 is 2.08 bits per heavy atom. The molecule has 0 spiro atoms. The Labute approximate surface area is 151 Å². The first-order chi connectivity index (χ1) is 12.4. The summed E-state index contributed by atoms with van der Waals surface area (Å²) in [5.74, 6) is -0.342. The molecule has 3 aromatic rings. The number of aldehydes is 1. The SMILES string of the molecule is CS(=O)(=O)c1ccc(-c2ccc(C=O)c(Nc3ccc(F)cc3)c2)cc1. The quantitative estimate of drug-likeness (QED) is 0.675.